The molecule has 168 valence electrons. The molecule has 7 rings (SSSR count). The first-order chi connectivity index (χ1) is 16.6. The Hall–Kier alpha value is -3.47. The van der Waals surface area contributed by atoms with E-state index in [1.54, 1.807) is 24.8 Å². The molecule has 0 fully saturated rings. The van der Waals surface area contributed by atoms with Crippen molar-refractivity contribution < 1.29 is 18.5 Å². The van der Waals surface area contributed by atoms with Gasteiger partial charge in [-0.1, -0.05) is 24.3 Å². The summed E-state index contributed by atoms with van der Waals surface area (Å²) in [5.41, 5.74) is 7.42. The summed E-state index contributed by atoms with van der Waals surface area (Å²) >= 11 is 0. The lowest BCUT2D eigenvalue weighted by Gasteiger charge is -2.34. The number of phosphoric acid groups is 1. The molecule has 34 heavy (non-hydrogen) atoms. The average Bonchev–Trinajstić information content (AvgIpc) is 3.41. The summed E-state index contributed by atoms with van der Waals surface area (Å²) in [6.07, 6.45) is 10.5. The van der Waals surface area contributed by atoms with Gasteiger partial charge in [0.15, 0.2) is 0 Å². The minimum Gasteiger partial charge on any atom is -0.394 e. The van der Waals surface area contributed by atoms with Crippen molar-refractivity contribution in [3.8, 4) is 33.8 Å². The van der Waals surface area contributed by atoms with E-state index in [1.807, 2.05) is 36.4 Å². The summed E-state index contributed by atoms with van der Waals surface area (Å²) in [6.45, 7) is 0. The van der Waals surface area contributed by atoms with E-state index < -0.39 is 7.82 Å². The molecule has 2 aromatic carbocycles. The van der Waals surface area contributed by atoms with Crippen LogP contribution in [-0.4, -0.2) is 14.9 Å². The average molecular weight is 468 g/mol. The van der Waals surface area contributed by atoms with Crippen molar-refractivity contribution in [3.05, 3.63) is 95.6 Å². The third kappa shape index (κ3) is 2.76. The molecule has 1 aliphatic heterocycles. The van der Waals surface area contributed by atoms with Crippen molar-refractivity contribution in [3.63, 3.8) is 0 Å². The number of aromatic nitrogens is 2. The zero-order valence-electron chi connectivity index (χ0n) is 18.3. The monoisotopic (exact) mass is 468 g/mol. The molecule has 3 aliphatic rings. The third-order valence-corrected chi connectivity index (χ3v) is 8.31. The second-order valence-electron chi connectivity index (χ2n) is 9.16. The Morgan fingerprint density at radius 1 is 0.706 bits per heavy atom. The molecule has 0 saturated carbocycles. The molecule has 1 spiro atoms. The number of hydrogen-bond acceptors (Lipinski definition) is 5. The second-order valence-corrected chi connectivity index (χ2v) is 10.5. The molecule has 0 bridgehead atoms. The highest BCUT2D eigenvalue weighted by atomic mass is 31.2. The van der Waals surface area contributed by atoms with Crippen LogP contribution in [0.15, 0.2) is 73.3 Å². The molecule has 3 heterocycles. The van der Waals surface area contributed by atoms with Crippen LogP contribution >= 0.6 is 7.82 Å². The number of aryl methyl sites for hydroxylation is 2. The zero-order valence-corrected chi connectivity index (χ0v) is 19.2. The second kappa shape index (κ2) is 7.02. The van der Waals surface area contributed by atoms with Crippen LogP contribution in [0.5, 0.6) is 11.5 Å². The Morgan fingerprint density at radius 3 is 1.59 bits per heavy atom. The molecular formula is C27H21N2O4P. The van der Waals surface area contributed by atoms with Crippen molar-refractivity contribution in [1.29, 1.82) is 0 Å². The quantitative estimate of drug-likeness (QED) is 0.371. The lowest BCUT2D eigenvalue weighted by molar-refractivity contribution is 0.281. The Labute approximate surface area is 196 Å². The van der Waals surface area contributed by atoms with Gasteiger partial charge < -0.3 is 9.05 Å². The maximum Gasteiger partial charge on any atom is 0.584 e. The maximum absolute atomic E-state index is 13.5. The number of nitrogens with zero attached hydrogens (tertiary/aromatic N) is 2. The third-order valence-electron chi connectivity index (χ3n) is 7.48. The van der Waals surface area contributed by atoms with E-state index in [1.165, 1.54) is 11.1 Å². The molecule has 0 saturated heterocycles. The first-order valence-corrected chi connectivity index (χ1v) is 12.9. The normalized spacial score (nSPS) is 18.1. The molecule has 0 amide bonds. The van der Waals surface area contributed by atoms with Gasteiger partial charge >= 0.3 is 7.82 Å². The maximum atomic E-state index is 13.5. The largest absolute Gasteiger partial charge is 0.584 e. The van der Waals surface area contributed by atoms with Crippen molar-refractivity contribution in [2.75, 3.05) is 0 Å². The fourth-order valence-corrected chi connectivity index (χ4v) is 6.99. The van der Waals surface area contributed by atoms with Gasteiger partial charge in [-0.3, -0.25) is 14.9 Å². The summed E-state index contributed by atoms with van der Waals surface area (Å²) in [5, 5.41) is 0. The van der Waals surface area contributed by atoms with Crippen molar-refractivity contribution >= 4 is 7.82 Å². The van der Waals surface area contributed by atoms with Gasteiger partial charge in [-0.25, -0.2) is 4.57 Å². The highest BCUT2D eigenvalue weighted by Gasteiger charge is 2.52. The molecule has 4 aromatic rings. The van der Waals surface area contributed by atoms with Gasteiger partial charge in [0, 0.05) is 52.5 Å². The summed E-state index contributed by atoms with van der Waals surface area (Å²) in [4.78, 5) is 19.2. The van der Waals surface area contributed by atoms with E-state index in [2.05, 4.69) is 22.1 Å². The Bertz CT molecular complexity index is 1390. The Kier molecular flexibility index (Phi) is 4.12. The minimum absolute atomic E-state index is 0.318. The summed E-state index contributed by atoms with van der Waals surface area (Å²) in [6, 6.07) is 15.8. The highest BCUT2D eigenvalue weighted by molar-refractivity contribution is 7.48. The van der Waals surface area contributed by atoms with Crippen LogP contribution in [-0.2, 0) is 22.8 Å². The molecule has 2 aromatic heterocycles. The predicted octanol–water partition coefficient (Wildman–Crippen LogP) is 5.86. The van der Waals surface area contributed by atoms with Crippen molar-refractivity contribution in [2.45, 2.75) is 31.1 Å². The summed E-state index contributed by atoms with van der Waals surface area (Å²) in [7, 11) is -4.49. The highest BCUT2D eigenvalue weighted by Crippen LogP contribution is 2.65. The molecule has 0 atom stereocenters. The Balaban J connectivity index is 1.56. The molecular weight excluding hydrogens is 447 g/mol. The number of pyridine rings is 2. The van der Waals surface area contributed by atoms with Gasteiger partial charge in [-0.2, -0.15) is 0 Å². The van der Waals surface area contributed by atoms with E-state index >= 15 is 0 Å². The molecule has 0 radical (unpaired) electrons. The van der Waals surface area contributed by atoms with Gasteiger partial charge in [-0.05, 0) is 72.2 Å². The molecule has 0 unspecified atom stereocenters. The first kappa shape index (κ1) is 20.0. The zero-order chi connectivity index (χ0) is 22.9. The summed E-state index contributed by atoms with van der Waals surface area (Å²) < 4.78 is 25.4. The standard InChI is InChI=1S/C27H21N2O4P/c30-34(31)32-25-21(17-7-13-28-14-8-17)3-1-19-5-11-27(23(19)25)12-6-20-2-4-22(26(33-34)24(20)27)18-9-15-29-16-10-18/h1-4,7-10,13-16H,5-6,11-12H2,(H,30,31). The van der Waals surface area contributed by atoms with Gasteiger partial charge in [-0.15, -0.1) is 0 Å². The van der Waals surface area contributed by atoms with Crippen LogP contribution in [0.1, 0.15) is 35.1 Å². The van der Waals surface area contributed by atoms with Crippen LogP contribution in [0.2, 0.25) is 0 Å². The number of phosphoric ester groups is 1. The number of rotatable bonds is 2. The van der Waals surface area contributed by atoms with E-state index in [4.69, 9.17) is 9.05 Å². The predicted molar refractivity (Wildman–Crippen MR) is 128 cm³/mol. The SMILES string of the molecule is O=P1(O)Oc2c(-c3ccncc3)ccc3c2C2(CC3)CCc3ccc(-c4ccncc4)c(c32)O1. The smallest absolute Gasteiger partial charge is 0.394 e. The minimum atomic E-state index is -4.49. The van der Waals surface area contributed by atoms with Crippen LogP contribution in [0, 0.1) is 0 Å². The van der Waals surface area contributed by atoms with Crippen LogP contribution in [0.4, 0.5) is 0 Å². The first-order valence-electron chi connectivity index (χ1n) is 11.4. The number of benzene rings is 2. The van der Waals surface area contributed by atoms with Gasteiger partial charge in [0.2, 0.25) is 0 Å². The van der Waals surface area contributed by atoms with E-state index in [-0.39, 0.29) is 5.41 Å². The van der Waals surface area contributed by atoms with Crippen LogP contribution in [0.3, 0.4) is 0 Å². The van der Waals surface area contributed by atoms with Gasteiger partial charge in [0.05, 0.1) is 0 Å². The fourth-order valence-electron chi connectivity index (χ4n) is 6.12. The summed E-state index contributed by atoms with van der Waals surface area (Å²) in [5.74, 6) is 0.916. The molecule has 1 N–H and O–H groups in total. The topological polar surface area (TPSA) is 81.5 Å². The molecule has 7 heteroatoms. The molecule has 6 nitrogen and oxygen atoms in total. The van der Waals surface area contributed by atoms with Gasteiger partial charge in [0.1, 0.15) is 11.5 Å². The lowest BCUT2D eigenvalue weighted by Crippen LogP contribution is -2.25. The van der Waals surface area contributed by atoms with Gasteiger partial charge in [0.25, 0.3) is 0 Å². The lowest BCUT2D eigenvalue weighted by atomic mass is 9.74. The van der Waals surface area contributed by atoms with Crippen molar-refractivity contribution in [2.24, 2.45) is 0 Å². The van der Waals surface area contributed by atoms with Crippen LogP contribution in [0.25, 0.3) is 22.3 Å². The van der Waals surface area contributed by atoms with E-state index in [0.29, 0.717) is 11.5 Å². The van der Waals surface area contributed by atoms with Crippen molar-refractivity contribution in [1.82, 2.24) is 9.97 Å². The Morgan fingerprint density at radius 2 is 1.15 bits per heavy atom. The van der Waals surface area contributed by atoms with E-state index in [0.717, 1.165) is 59.1 Å². The number of hydrogen-bond donors (Lipinski definition) is 1. The molecule has 2 aliphatic carbocycles. The van der Waals surface area contributed by atoms with Crippen LogP contribution < -0.4 is 9.05 Å². The van der Waals surface area contributed by atoms with E-state index in [9.17, 15) is 9.46 Å². The fraction of sp³-hybridized carbons (Fsp3) is 0.185.